The molecule has 0 aliphatic carbocycles. The number of carbonyl (C=O) groups is 1. The SMILES string of the molecule is Cc1ccc(CN2CCC(CNC(=O)NC3COc4ccccc4C3)CC2)cc1. The Hall–Kier alpha value is -2.53. The van der Waals surface area contributed by atoms with Crippen LogP contribution in [0.3, 0.4) is 0 Å². The average molecular weight is 394 g/mol. The standard InChI is InChI=1S/C24H31N3O2/c1-18-6-8-20(9-7-18)16-27-12-10-19(11-13-27)15-25-24(28)26-22-14-21-4-2-3-5-23(21)29-17-22/h2-9,19,22H,10-17H2,1H3,(H2,25,26,28). The van der Waals surface area contributed by atoms with Crippen molar-refractivity contribution in [3.63, 3.8) is 0 Å². The van der Waals surface area contributed by atoms with E-state index in [9.17, 15) is 4.79 Å². The van der Waals surface area contributed by atoms with Crippen molar-refractivity contribution < 1.29 is 9.53 Å². The van der Waals surface area contributed by atoms with Gasteiger partial charge in [0, 0.05) is 13.1 Å². The van der Waals surface area contributed by atoms with Gasteiger partial charge >= 0.3 is 6.03 Å². The molecule has 1 fully saturated rings. The molecule has 0 saturated carbocycles. The molecule has 2 aromatic rings. The maximum Gasteiger partial charge on any atom is 0.315 e. The van der Waals surface area contributed by atoms with Gasteiger partial charge in [0.1, 0.15) is 12.4 Å². The summed E-state index contributed by atoms with van der Waals surface area (Å²) in [6.07, 6.45) is 3.08. The highest BCUT2D eigenvalue weighted by Gasteiger charge is 2.23. The van der Waals surface area contributed by atoms with E-state index in [2.05, 4.69) is 52.8 Å². The first-order valence-corrected chi connectivity index (χ1v) is 10.7. The van der Waals surface area contributed by atoms with Crippen LogP contribution in [0.4, 0.5) is 4.79 Å². The normalized spacial score (nSPS) is 19.8. The van der Waals surface area contributed by atoms with Crippen LogP contribution in [0.2, 0.25) is 0 Å². The molecule has 2 N–H and O–H groups in total. The second kappa shape index (κ2) is 9.31. The van der Waals surface area contributed by atoms with Crippen molar-refractivity contribution in [2.75, 3.05) is 26.2 Å². The van der Waals surface area contributed by atoms with Gasteiger partial charge in [0.25, 0.3) is 0 Å². The van der Waals surface area contributed by atoms with Gasteiger partial charge in [-0.2, -0.15) is 0 Å². The van der Waals surface area contributed by atoms with Crippen LogP contribution in [-0.2, 0) is 13.0 Å². The minimum atomic E-state index is -0.0833. The van der Waals surface area contributed by atoms with Crippen LogP contribution in [0.1, 0.15) is 29.5 Å². The molecule has 5 heteroatoms. The van der Waals surface area contributed by atoms with Gasteiger partial charge in [-0.1, -0.05) is 48.0 Å². The van der Waals surface area contributed by atoms with Gasteiger partial charge in [0.05, 0.1) is 6.04 Å². The Morgan fingerprint density at radius 2 is 1.86 bits per heavy atom. The molecule has 0 aromatic heterocycles. The van der Waals surface area contributed by atoms with E-state index >= 15 is 0 Å². The highest BCUT2D eigenvalue weighted by Crippen LogP contribution is 2.24. The first-order valence-electron chi connectivity index (χ1n) is 10.7. The Balaban J connectivity index is 1.15. The summed E-state index contributed by atoms with van der Waals surface area (Å²) < 4.78 is 5.75. The smallest absolute Gasteiger partial charge is 0.315 e. The van der Waals surface area contributed by atoms with E-state index in [-0.39, 0.29) is 12.1 Å². The van der Waals surface area contributed by atoms with E-state index in [4.69, 9.17) is 4.74 Å². The zero-order chi connectivity index (χ0) is 20.1. The second-order valence-electron chi connectivity index (χ2n) is 8.38. The van der Waals surface area contributed by atoms with E-state index in [0.29, 0.717) is 12.5 Å². The number of hydrogen-bond donors (Lipinski definition) is 2. The molecule has 154 valence electrons. The number of amides is 2. The number of fused-ring (bicyclic) bond motifs is 1. The number of piperidine rings is 1. The molecule has 29 heavy (non-hydrogen) atoms. The maximum atomic E-state index is 12.3. The van der Waals surface area contributed by atoms with Gasteiger partial charge in [-0.25, -0.2) is 4.79 Å². The van der Waals surface area contributed by atoms with Gasteiger partial charge in [-0.15, -0.1) is 0 Å². The minimum absolute atomic E-state index is 0.0289. The van der Waals surface area contributed by atoms with Crippen LogP contribution < -0.4 is 15.4 Å². The van der Waals surface area contributed by atoms with E-state index < -0.39 is 0 Å². The molecular weight excluding hydrogens is 362 g/mol. The molecule has 0 spiro atoms. The summed E-state index contributed by atoms with van der Waals surface area (Å²) in [5.74, 6) is 1.49. The number of aryl methyl sites for hydroxylation is 1. The molecule has 0 bridgehead atoms. The summed E-state index contributed by atoms with van der Waals surface area (Å²) in [5.41, 5.74) is 3.84. The molecular formula is C24H31N3O2. The van der Waals surface area contributed by atoms with Gasteiger partial charge in [-0.05, 0) is 62.4 Å². The highest BCUT2D eigenvalue weighted by atomic mass is 16.5. The molecule has 1 unspecified atom stereocenters. The monoisotopic (exact) mass is 393 g/mol. The zero-order valence-corrected chi connectivity index (χ0v) is 17.2. The minimum Gasteiger partial charge on any atom is -0.491 e. The molecule has 4 rings (SSSR count). The summed E-state index contributed by atoms with van der Waals surface area (Å²) in [5, 5.41) is 6.13. The van der Waals surface area contributed by atoms with Crippen molar-refractivity contribution in [3.8, 4) is 5.75 Å². The van der Waals surface area contributed by atoms with E-state index in [0.717, 1.165) is 56.8 Å². The van der Waals surface area contributed by atoms with Gasteiger partial charge in [-0.3, -0.25) is 4.90 Å². The maximum absolute atomic E-state index is 12.3. The van der Waals surface area contributed by atoms with Crippen molar-refractivity contribution >= 4 is 6.03 Å². The third-order valence-corrected chi connectivity index (χ3v) is 6.00. The molecule has 5 nitrogen and oxygen atoms in total. The summed E-state index contributed by atoms with van der Waals surface area (Å²) in [6, 6.07) is 16.8. The number of benzene rings is 2. The fraction of sp³-hybridized carbons (Fsp3) is 0.458. The van der Waals surface area contributed by atoms with Crippen LogP contribution >= 0.6 is 0 Å². The first kappa shape index (κ1) is 19.8. The van der Waals surface area contributed by atoms with Crippen LogP contribution in [0.5, 0.6) is 5.75 Å². The van der Waals surface area contributed by atoms with Crippen molar-refractivity contribution in [1.29, 1.82) is 0 Å². The topological polar surface area (TPSA) is 53.6 Å². The number of ether oxygens (including phenoxy) is 1. The Morgan fingerprint density at radius 3 is 2.66 bits per heavy atom. The summed E-state index contributed by atoms with van der Waals surface area (Å²) in [7, 11) is 0. The highest BCUT2D eigenvalue weighted by molar-refractivity contribution is 5.74. The lowest BCUT2D eigenvalue weighted by Gasteiger charge is -2.32. The molecule has 2 amide bonds. The molecule has 1 atom stereocenters. The Kier molecular flexibility index (Phi) is 6.35. The Morgan fingerprint density at radius 1 is 1.10 bits per heavy atom. The van der Waals surface area contributed by atoms with Crippen molar-refractivity contribution in [2.24, 2.45) is 5.92 Å². The van der Waals surface area contributed by atoms with Crippen molar-refractivity contribution in [3.05, 3.63) is 65.2 Å². The number of rotatable bonds is 5. The number of nitrogens with one attached hydrogen (secondary N) is 2. The Labute approximate surface area is 173 Å². The van der Waals surface area contributed by atoms with E-state index in [1.807, 2.05) is 18.2 Å². The molecule has 2 aliphatic heterocycles. The van der Waals surface area contributed by atoms with Gasteiger partial charge in [0.15, 0.2) is 0 Å². The lowest BCUT2D eigenvalue weighted by molar-refractivity contribution is 0.173. The largest absolute Gasteiger partial charge is 0.491 e. The number of urea groups is 1. The number of likely N-dealkylation sites (tertiary alicyclic amines) is 1. The summed E-state index contributed by atoms with van der Waals surface area (Å²) in [4.78, 5) is 14.8. The van der Waals surface area contributed by atoms with Crippen LogP contribution in [0.25, 0.3) is 0 Å². The third kappa shape index (κ3) is 5.51. The quantitative estimate of drug-likeness (QED) is 0.817. The lowest BCUT2D eigenvalue weighted by Crippen LogP contribution is -2.48. The molecule has 2 aromatic carbocycles. The molecule has 2 heterocycles. The van der Waals surface area contributed by atoms with Gasteiger partial charge in [0.2, 0.25) is 0 Å². The molecule has 1 saturated heterocycles. The van der Waals surface area contributed by atoms with Crippen LogP contribution in [-0.4, -0.2) is 43.2 Å². The third-order valence-electron chi connectivity index (χ3n) is 6.00. The predicted octanol–water partition coefficient (Wildman–Crippen LogP) is 3.51. The summed E-state index contributed by atoms with van der Waals surface area (Å²) in [6.45, 7) is 6.60. The predicted molar refractivity (Wildman–Crippen MR) is 115 cm³/mol. The van der Waals surface area contributed by atoms with Crippen molar-refractivity contribution in [1.82, 2.24) is 15.5 Å². The second-order valence-corrected chi connectivity index (χ2v) is 8.38. The summed E-state index contributed by atoms with van der Waals surface area (Å²) >= 11 is 0. The average Bonchev–Trinajstić information content (AvgIpc) is 2.75. The van der Waals surface area contributed by atoms with Crippen molar-refractivity contribution in [2.45, 2.75) is 38.8 Å². The number of carbonyl (C=O) groups excluding carboxylic acids is 1. The lowest BCUT2D eigenvalue weighted by atomic mass is 9.96. The zero-order valence-electron chi connectivity index (χ0n) is 17.2. The Bertz CT molecular complexity index is 813. The molecule has 2 aliphatic rings. The fourth-order valence-corrected chi connectivity index (χ4v) is 4.19. The van der Waals surface area contributed by atoms with Gasteiger partial charge < -0.3 is 15.4 Å². The van der Waals surface area contributed by atoms with Crippen LogP contribution in [0.15, 0.2) is 48.5 Å². The first-order chi connectivity index (χ1) is 14.2. The number of nitrogens with zero attached hydrogens (tertiary/aromatic N) is 1. The number of para-hydroxylation sites is 1. The van der Waals surface area contributed by atoms with E-state index in [1.165, 1.54) is 11.1 Å². The fourth-order valence-electron chi connectivity index (χ4n) is 4.19. The van der Waals surface area contributed by atoms with Crippen LogP contribution in [0, 0.1) is 12.8 Å². The molecule has 0 radical (unpaired) electrons. The number of hydrogen-bond acceptors (Lipinski definition) is 3. The van der Waals surface area contributed by atoms with E-state index in [1.54, 1.807) is 0 Å².